The van der Waals surface area contributed by atoms with Crippen molar-refractivity contribution in [1.82, 2.24) is 0 Å². The number of aromatic nitrogens is 1. The summed E-state index contributed by atoms with van der Waals surface area (Å²) in [6.45, 7) is 2.27. The smallest absolute Gasteiger partial charge is 0.204 e. The van der Waals surface area contributed by atoms with Gasteiger partial charge in [0.05, 0.1) is 5.39 Å². The van der Waals surface area contributed by atoms with Crippen LogP contribution in [0.25, 0.3) is 32.9 Å². The number of nitrogens with one attached hydrogen (secondary N) is 1. The van der Waals surface area contributed by atoms with Crippen LogP contribution in [0.1, 0.15) is 51.0 Å². The summed E-state index contributed by atoms with van der Waals surface area (Å²) >= 11 is 0. The molecule has 0 unspecified atom stereocenters. The number of benzene rings is 3. The van der Waals surface area contributed by atoms with E-state index in [2.05, 4.69) is 84.7 Å². The van der Waals surface area contributed by atoms with Gasteiger partial charge < -0.3 is 0 Å². The van der Waals surface area contributed by atoms with Crippen LogP contribution in [0.15, 0.2) is 72.8 Å². The molecule has 4 rings (SSSR count). The van der Waals surface area contributed by atoms with E-state index in [0.29, 0.717) is 0 Å². The third kappa shape index (κ3) is 4.25. The van der Waals surface area contributed by atoms with Crippen LogP contribution in [0.4, 0.5) is 0 Å². The summed E-state index contributed by atoms with van der Waals surface area (Å²) in [7, 11) is 0. The average Bonchev–Trinajstić information content (AvgIpc) is 2.76. The number of aromatic amines is 1. The number of rotatable bonds is 8. The van der Waals surface area contributed by atoms with Crippen molar-refractivity contribution >= 4 is 21.7 Å². The number of unbranched alkanes of at least 4 members (excludes halogenated alkanes) is 5. The van der Waals surface area contributed by atoms with Crippen molar-refractivity contribution in [2.24, 2.45) is 0 Å². The molecule has 0 fully saturated rings. The van der Waals surface area contributed by atoms with Crippen LogP contribution < -0.4 is 4.98 Å². The zero-order valence-electron chi connectivity index (χ0n) is 16.9. The van der Waals surface area contributed by atoms with Gasteiger partial charge >= 0.3 is 0 Å². The lowest BCUT2D eigenvalue weighted by Crippen LogP contribution is -2.08. The summed E-state index contributed by atoms with van der Waals surface area (Å²) in [6.07, 6.45) is 9.33. The zero-order valence-corrected chi connectivity index (χ0v) is 16.9. The third-order valence-electron chi connectivity index (χ3n) is 5.74. The second kappa shape index (κ2) is 9.01. The molecule has 1 heterocycles. The Morgan fingerprint density at radius 2 is 1.43 bits per heavy atom. The monoisotopic (exact) mass is 368 g/mol. The molecule has 0 spiro atoms. The molecule has 4 aromatic rings. The first-order valence-corrected chi connectivity index (χ1v) is 10.8. The van der Waals surface area contributed by atoms with Crippen molar-refractivity contribution < 1.29 is 4.98 Å². The van der Waals surface area contributed by atoms with Crippen molar-refractivity contribution in [1.29, 1.82) is 0 Å². The van der Waals surface area contributed by atoms with E-state index in [1.54, 1.807) is 0 Å². The van der Waals surface area contributed by atoms with Crippen LogP contribution in [0.3, 0.4) is 0 Å². The van der Waals surface area contributed by atoms with Crippen LogP contribution in [-0.4, -0.2) is 0 Å². The molecule has 0 amide bonds. The summed E-state index contributed by atoms with van der Waals surface area (Å²) in [5.41, 5.74) is 5.06. The van der Waals surface area contributed by atoms with Gasteiger partial charge in [0.25, 0.3) is 0 Å². The lowest BCUT2D eigenvalue weighted by atomic mass is 10.0. The summed E-state index contributed by atoms with van der Waals surface area (Å²) < 4.78 is 0. The van der Waals surface area contributed by atoms with E-state index in [4.69, 9.17) is 0 Å². The first kappa shape index (κ1) is 18.7. The highest BCUT2D eigenvalue weighted by molar-refractivity contribution is 6.05. The molecule has 0 aliphatic rings. The van der Waals surface area contributed by atoms with Crippen LogP contribution in [0.2, 0.25) is 0 Å². The van der Waals surface area contributed by atoms with Gasteiger partial charge in [-0.05, 0) is 53.4 Å². The van der Waals surface area contributed by atoms with Gasteiger partial charge in [0, 0.05) is 17.7 Å². The summed E-state index contributed by atoms with van der Waals surface area (Å²) in [5, 5.41) is 3.87. The Morgan fingerprint density at radius 1 is 0.643 bits per heavy atom. The predicted octanol–water partition coefficient (Wildman–Crippen LogP) is 7.38. The van der Waals surface area contributed by atoms with Crippen molar-refractivity contribution in [3.05, 3.63) is 78.4 Å². The van der Waals surface area contributed by atoms with Gasteiger partial charge in [-0.25, -0.2) is 4.98 Å². The predicted molar refractivity (Wildman–Crippen MR) is 121 cm³/mol. The lowest BCUT2D eigenvalue weighted by molar-refractivity contribution is -0.330. The maximum Gasteiger partial charge on any atom is 0.211 e. The molecule has 1 aromatic heterocycles. The standard InChI is InChI=1S/C27H29N/c1-2-3-4-5-6-7-10-21-13-15-23(16-14-21)26-20-18-25-24-12-9-8-11-22(24)17-19-27(25)28-26/h8-9,11-20H,2-7,10H2,1H3/p+1. The van der Waals surface area contributed by atoms with Crippen molar-refractivity contribution in [3.63, 3.8) is 0 Å². The fraction of sp³-hybridized carbons (Fsp3) is 0.296. The van der Waals surface area contributed by atoms with Crippen molar-refractivity contribution in [2.75, 3.05) is 0 Å². The van der Waals surface area contributed by atoms with E-state index >= 15 is 0 Å². The van der Waals surface area contributed by atoms with Crippen molar-refractivity contribution in [3.8, 4) is 11.3 Å². The number of aryl methyl sites for hydroxylation is 1. The molecular formula is C27H30N+. The van der Waals surface area contributed by atoms with Gasteiger partial charge in [0.2, 0.25) is 11.2 Å². The van der Waals surface area contributed by atoms with Gasteiger partial charge in [0.1, 0.15) is 0 Å². The van der Waals surface area contributed by atoms with Crippen molar-refractivity contribution in [2.45, 2.75) is 51.9 Å². The maximum atomic E-state index is 3.63. The minimum absolute atomic E-state index is 1.17. The van der Waals surface area contributed by atoms with Gasteiger partial charge in [-0.1, -0.05) is 75.4 Å². The Hall–Kier alpha value is -2.67. The molecule has 0 radical (unpaired) electrons. The van der Waals surface area contributed by atoms with Crippen LogP contribution in [0, 0.1) is 0 Å². The summed E-state index contributed by atoms with van der Waals surface area (Å²) in [5.74, 6) is 0. The maximum absolute atomic E-state index is 3.63. The highest BCUT2D eigenvalue weighted by atomic mass is 14.7. The molecule has 3 aromatic carbocycles. The molecule has 0 bridgehead atoms. The third-order valence-corrected chi connectivity index (χ3v) is 5.74. The SMILES string of the molecule is CCCCCCCCc1ccc(-c2ccc3c(ccc4ccccc43)[nH+]2)cc1. The largest absolute Gasteiger partial charge is 0.211 e. The molecule has 1 N–H and O–H groups in total. The highest BCUT2D eigenvalue weighted by Gasteiger charge is 2.10. The van der Waals surface area contributed by atoms with E-state index in [1.165, 1.54) is 83.4 Å². The second-order valence-corrected chi connectivity index (χ2v) is 7.83. The molecule has 0 aliphatic heterocycles. The molecule has 0 atom stereocenters. The number of H-pyrrole nitrogens is 1. The summed E-state index contributed by atoms with van der Waals surface area (Å²) in [4.78, 5) is 3.63. The number of pyridine rings is 1. The minimum Gasteiger partial charge on any atom is -0.204 e. The van der Waals surface area contributed by atoms with E-state index in [0.717, 1.165) is 0 Å². The second-order valence-electron chi connectivity index (χ2n) is 7.83. The minimum atomic E-state index is 1.17. The highest BCUT2D eigenvalue weighted by Crippen LogP contribution is 2.25. The van der Waals surface area contributed by atoms with Crippen LogP contribution in [-0.2, 0) is 6.42 Å². The molecule has 142 valence electrons. The van der Waals surface area contributed by atoms with Gasteiger partial charge in [-0.15, -0.1) is 0 Å². The Labute approximate surface area is 168 Å². The van der Waals surface area contributed by atoms with E-state index in [9.17, 15) is 0 Å². The van der Waals surface area contributed by atoms with E-state index in [1.807, 2.05) is 0 Å². The molecular weight excluding hydrogens is 338 g/mol. The zero-order chi connectivity index (χ0) is 19.2. The Morgan fingerprint density at radius 3 is 2.29 bits per heavy atom. The molecule has 0 saturated heterocycles. The van der Waals surface area contributed by atoms with Gasteiger partial charge in [-0.3, -0.25) is 0 Å². The first-order valence-electron chi connectivity index (χ1n) is 10.8. The fourth-order valence-electron chi connectivity index (χ4n) is 4.07. The van der Waals surface area contributed by atoms with E-state index in [-0.39, 0.29) is 0 Å². The normalized spacial score (nSPS) is 11.3. The quantitative estimate of drug-likeness (QED) is 0.227. The van der Waals surface area contributed by atoms with Gasteiger partial charge in [0.15, 0.2) is 0 Å². The number of hydrogen-bond donors (Lipinski definition) is 0. The molecule has 1 nitrogen and oxygen atoms in total. The number of hydrogen-bond acceptors (Lipinski definition) is 0. The molecule has 0 saturated carbocycles. The number of fused-ring (bicyclic) bond motifs is 3. The lowest BCUT2D eigenvalue weighted by Gasteiger charge is -2.04. The first-order chi connectivity index (χ1) is 13.8. The Kier molecular flexibility index (Phi) is 6.01. The Bertz CT molecular complexity index is 1050. The van der Waals surface area contributed by atoms with Crippen LogP contribution >= 0.6 is 0 Å². The molecule has 0 aliphatic carbocycles. The molecule has 28 heavy (non-hydrogen) atoms. The van der Waals surface area contributed by atoms with Gasteiger partial charge in [-0.2, -0.15) is 0 Å². The fourth-order valence-corrected chi connectivity index (χ4v) is 4.07. The Balaban J connectivity index is 1.46. The summed E-state index contributed by atoms with van der Waals surface area (Å²) in [6, 6.07) is 26.5. The van der Waals surface area contributed by atoms with Crippen LogP contribution in [0.5, 0.6) is 0 Å². The average molecular weight is 369 g/mol. The topological polar surface area (TPSA) is 14.1 Å². The molecule has 1 heteroatoms. The van der Waals surface area contributed by atoms with E-state index < -0.39 is 0 Å².